The average molecular weight is 208 g/mol. The summed E-state index contributed by atoms with van der Waals surface area (Å²) in [4.78, 5) is 0. The number of benzene rings is 1. The Labute approximate surface area is 92.2 Å². The number of ether oxygens (including phenoxy) is 2. The normalized spacial score (nSPS) is 10.1. The SMILES string of the molecule is CCCOc1cccc(C)c1OCCC. The second kappa shape index (κ2) is 6.33. The second-order valence-corrected chi connectivity index (χ2v) is 3.60. The molecule has 0 amide bonds. The Morgan fingerprint density at radius 1 is 1.00 bits per heavy atom. The van der Waals surface area contributed by atoms with E-state index >= 15 is 0 Å². The van der Waals surface area contributed by atoms with Gasteiger partial charge in [0.1, 0.15) is 0 Å². The number of rotatable bonds is 6. The van der Waals surface area contributed by atoms with Crippen molar-refractivity contribution in [1.29, 1.82) is 0 Å². The Balaban J connectivity index is 2.77. The van der Waals surface area contributed by atoms with Crippen LogP contribution in [0.15, 0.2) is 18.2 Å². The third-order valence-electron chi connectivity index (χ3n) is 2.09. The molecule has 15 heavy (non-hydrogen) atoms. The van der Waals surface area contributed by atoms with Gasteiger partial charge in [-0.1, -0.05) is 26.0 Å². The van der Waals surface area contributed by atoms with Crippen molar-refractivity contribution in [2.45, 2.75) is 33.6 Å². The molecule has 1 aromatic rings. The Hall–Kier alpha value is -1.18. The molecular formula is C13H20O2. The monoisotopic (exact) mass is 208 g/mol. The van der Waals surface area contributed by atoms with Gasteiger partial charge in [-0.25, -0.2) is 0 Å². The van der Waals surface area contributed by atoms with Gasteiger partial charge in [0, 0.05) is 0 Å². The zero-order chi connectivity index (χ0) is 11.1. The predicted molar refractivity (Wildman–Crippen MR) is 62.8 cm³/mol. The van der Waals surface area contributed by atoms with Gasteiger partial charge in [0.05, 0.1) is 13.2 Å². The van der Waals surface area contributed by atoms with Crippen molar-refractivity contribution >= 4 is 0 Å². The zero-order valence-electron chi connectivity index (χ0n) is 9.88. The van der Waals surface area contributed by atoms with Gasteiger partial charge in [-0.2, -0.15) is 0 Å². The fourth-order valence-electron chi connectivity index (χ4n) is 1.34. The van der Waals surface area contributed by atoms with Crippen LogP contribution in [0.1, 0.15) is 32.3 Å². The molecule has 0 N–H and O–H groups in total. The first-order valence-corrected chi connectivity index (χ1v) is 5.64. The number of hydrogen-bond donors (Lipinski definition) is 0. The van der Waals surface area contributed by atoms with E-state index in [4.69, 9.17) is 9.47 Å². The summed E-state index contributed by atoms with van der Waals surface area (Å²) in [6.45, 7) is 7.73. The van der Waals surface area contributed by atoms with Gasteiger partial charge in [-0.3, -0.25) is 0 Å². The van der Waals surface area contributed by atoms with Crippen LogP contribution < -0.4 is 9.47 Å². The molecule has 0 aromatic heterocycles. The van der Waals surface area contributed by atoms with Crippen molar-refractivity contribution in [1.82, 2.24) is 0 Å². The van der Waals surface area contributed by atoms with E-state index in [1.165, 1.54) is 0 Å². The van der Waals surface area contributed by atoms with Gasteiger partial charge in [-0.15, -0.1) is 0 Å². The highest BCUT2D eigenvalue weighted by atomic mass is 16.5. The van der Waals surface area contributed by atoms with E-state index in [9.17, 15) is 0 Å². The Bertz CT molecular complexity index is 295. The van der Waals surface area contributed by atoms with E-state index < -0.39 is 0 Å². The van der Waals surface area contributed by atoms with Crippen molar-refractivity contribution in [2.24, 2.45) is 0 Å². The van der Waals surface area contributed by atoms with E-state index in [-0.39, 0.29) is 0 Å². The van der Waals surface area contributed by atoms with Gasteiger partial charge < -0.3 is 9.47 Å². The van der Waals surface area contributed by atoms with E-state index in [0.29, 0.717) is 0 Å². The molecule has 0 fully saturated rings. The molecule has 2 heteroatoms. The molecule has 0 saturated heterocycles. The lowest BCUT2D eigenvalue weighted by Gasteiger charge is -2.13. The Morgan fingerprint density at radius 3 is 2.33 bits per heavy atom. The summed E-state index contributed by atoms with van der Waals surface area (Å²) >= 11 is 0. The van der Waals surface area contributed by atoms with Crippen molar-refractivity contribution in [3.63, 3.8) is 0 Å². The van der Waals surface area contributed by atoms with Crippen LogP contribution >= 0.6 is 0 Å². The minimum absolute atomic E-state index is 0.742. The predicted octanol–water partition coefficient (Wildman–Crippen LogP) is 3.57. The molecular weight excluding hydrogens is 188 g/mol. The standard InChI is InChI=1S/C13H20O2/c1-4-9-14-12-8-6-7-11(3)13(12)15-10-5-2/h6-8H,4-5,9-10H2,1-3H3. The lowest BCUT2D eigenvalue weighted by atomic mass is 10.2. The smallest absolute Gasteiger partial charge is 0.164 e. The molecule has 0 atom stereocenters. The lowest BCUT2D eigenvalue weighted by molar-refractivity contribution is 0.267. The summed E-state index contributed by atoms with van der Waals surface area (Å²) in [5.74, 6) is 1.76. The minimum atomic E-state index is 0.742. The third kappa shape index (κ3) is 3.46. The fourth-order valence-corrected chi connectivity index (χ4v) is 1.34. The molecule has 2 nitrogen and oxygen atoms in total. The summed E-state index contributed by atoms with van der Waals surface area (Å²) in [5.41, 5.74) is 1.14. The topological polar surface area (TPSA) is 18.5 Å². The van der Waals surface area contributed by atoms with Crippen molar-refractivity contribution in [3.8, 4) is 11.5 Å². The van der Waals surface area contributed by atoms with Gasteiger partial charge in [0.25, 0.3) is 0 Å². The van der Waals surface area contributed by atoms with Crippen LogP contribution in [0.25, 0.3) is 0 Å². The van der Waals surface area contributed by atoms with E-state index in [1.807, 2.05) is 25.1 Å². The van der Waals surface area contributed by atoms with Crippen LogP contribution in [0.3, 0.4) is 0 Å². The highest BCUT2D eigenvalue weighted by molar-refractivity contribution is 5.45. The average Bonchev–Trinajstić information content (AvgIpc) is 2.25. The van der Waals surface area contributed by atoms with E-state index in [1.54, 1.807) is 0 Å². The maximum atomic E-state index is 5.69. The molecule has 1 aromatic carbocycles. The maximum absolute atomic E-state index is 5.69. The first-order valence-electron chi connectivity index (χ1n) is 5.64. The summed E-state index contributed by atoms with van der Waals surface area (Å²) in [6.07, 6.45) is 2.03. The van der Waals surface area contributed by atoms with Crippen LogP contribution in [-0.4, -0.2) is 13.2 Å². The number of aryl methyl sites for hydroxylation is 1. The molecule has 0 bridgehead atoms. The molecule has 0 saturated carbocycles. The molecule has 0 unspecified atom stereocenters. The zero-order valence-corrected chi connectivity index (χ0v) is 9.88. The van der Waals surface area contributed by atoms with Gasteiger partial charge in [0.15, 0.2) is 11.5 Å². The highest BCUT2D eigenvalue weighted by Crippen LogP contribution is 2.30. The summed E-state index contributed by atoms with van der Waals surface area (Å²) in [6, 6.07) is 6.01. The molecule has 1 rings (SSSR count). The third-order valence-corrected chi connectivity index (χ3v) is 2.09. The summed E-state index contributed by atoms with van der Waals surface area (Å²) < 4.78 is 11.3. The number of para-hydroxylation sites is 1. The van der Waals surface area contributed by atoms with Crippen molar-refractivity contribution in [2.75, 3.05) is 13.2 Å². The van der Waals surface area contributed by atoms with Gasteiger partial charge >= 0.3 is 0 Å². The quantitative estimate of drug-likeness (QED) is 0.711. The lowest BCUT2D eigenvalue weighted by Crippen LogP contribution is -2.02. The molecule has 0 aliphatic carbocycles. The first-order chi connectivity index (χ1) is 7.29. The Morgan fingerprint density at radius 2 is 1.67 bits per heavy atom. The summed E-state index contributed by atoms with van der Waals surface area (Å²) in [7, 11) is 0. The van der Waals surface area contributed by atoms with E-state index in [2.05, 4.69) is 13.8 Å². The summed E-state index contributed by atoms with van der Waals surface area (Å²) in [5, 5.41) is 0. The highest BCUT2D eigenvalue weighted by Gasteiger charge is 2.07. The van der Waals surface area contributed by atoms with Crippen LogP contribution in [-0.2, 0) is 0 Å². The molecule has 84 valence electrons. The van der Waals surface area contributed by atoms with Crippen LogP contribution in [0.2, 0.25) is 0 Å². The molecule has 0 aliphatic heterocycles. The van der Waals surface area contributed by atoms with Crippen LogP contribution in [0.4, 0.5) is 0 Å². The largest absolute Gasteiger partial charge is 0.490 e. The second-order valence-electron chi connectivity index (χ2n) is 3.60. The number of hydrogen-bond acceptors (Lipinski definition) is 2. The molecule has 0 spiro atoms. The van der Waals surface area contributed by atoms with Gasteiger partial charge in [-0.05, 0) is 31.4 Å². The van der Waals surface area contributed by atoms with Crippen LogP contribution in [0.5, 0.6) is 11.5 Å². The molecule has 0 heterocycles. The fraction of sp³-hybridized carbons (Fsp3) is 0.538. The maximum Gasteiger partial charge on any atom is 0.164 e. The van der Waals surface area contributed by atoms with E-state index in [0.717, 1.165) is 43.1 Å². The molecule has 0 aliphatic rings. The minimum Gasteiger partial charge on any atom is -0.490 e. The Kier molecular flexibility index (Phi) is 5.02. The van der Waals surface area contributed by atoms with Crippen molar-refractivity contribution < 1.29 is 9.47 Å². The van der Waals surface area contributed by atoms with Gasteiger partial charge in [0.2, 0.25) is 0 Å². The molecule has 0 radical (unpaired) electrons. The first kappa shape index (κ1) is 11.9. The van der Waals surface area contributed by atoms with Crippen LogP contribution in [0, 0.1) is 6.92 Å². The van der Waals surface area contributed by atoms with Crippen molar-refractivity contribution in [3.05, 3.63) is 23.8 Å².